The van der Waals surface area contributed by atoms with E-state index in [1.807, 2.05) is 16.7 Å². The van der Waals surface area contributed by atoms with Gasteiger partial charge in [0.25, 0.3) is 0 Å². The molecule has 0 amide bonds. The Labute approximate surface area is 170 Å². The van der Waals surface area contributed by atoms with Crippen LogP contribution in [0.1, 0.15) is 30.9 Å². The summed E-state index contributed by atoms with van der Waals surface area (Å²) in [6, 6.07) is 0.0368. The number of nitrogens with zero attached hydrogens (tertiary/aromatic N) is 6. The summed E-state index contributed by atoms with van der Waals surface area (Å²) in [6.45, 7) is 6.89. The minimum atomic E-state index is -4.47. The predicted molar refractivity (Wildman–Crippen MR) is 102 cm³/mol. The number of piperidine rings is 1. The van der Waals surface area contributed by atoms with Crippen LogP contribution in [0.2, 0.25) is 5.15 Å². The summed E-state index contributed by atoms with van der Waals surface area (Å²) in [5.74, 6) is -0.0775. The largest absolute Gasteiger partial charge is 0.419 e. The van der Waals surface area contributed by atoms with Gasteiger partial charge in [-0.15, -0.1) is 0 Å². The molecule has 0 aliphatic carbocycles. The van der Waals surface area contributed by atoms with Crippen molar-refractivity contribution in [2.75, 3.05) is 29.4 Å². The molecule has 1 fully saturated rings. The number of hydrogen-bond donors (Lipinski definition) is 0. The van der Waals surface area contributed by atoms with Crippen molar-refractivity contribution in [3.63, 3.8) is 0 Å². The van der Waals surface area contributed by atoms with Crippen molar-refractivity contribution in [1.82, 2.24) is 19.9 Å². The molecule has 0 radical (unpaired) electrons. The molecule has 156 valence electrons. The Hall–Kier alpha value is -2.49. The van der Waals surface area contributed by atoms with Crippen molar-refractivity contribution >= 4 is 29.2 Å². The maximum absolute atomic E-state index is 13.9. The van der Waals surface area contributed by atoms with E-state index in [4.69, 9.17) is 11.6 Å². The molecule has 0 aromatic carbocycles. The smallest absolute Gasteiger partial charge is 0.353 e. The van der Waals surface area contributed by atoms with Crippen LogP contribution in [0.25, 0.3) is 5.83 Å². The molecule has 2 aromatic heterocycles. The zero-order valence-electron chi connectivity index (χ0n) is 15.6. The van der Waals surface area contributed by atoms with Crippen molar-refractivity contribution < 1.29 is 17.6 Å². The van der Waals surface area contributed by atoms with E-state index in [9.17, 15) is 17.6 Å². The standard InChI is InChI=1S/C18H19ClF4N6/c1-3-29(16-14(11(2)20)15(19)26-10-27-16)13-4-6-28(7-5-13)17-24-8-12(9-25-17)18(21,22)23/h8-10,13H,2-7H2,1H3. The van der Waals surface area contributed by atoms with E-state index in [-0.39, 0.29) is 22.7 Å². The quantitative estimate of drug-likeness (QED) is 0.518. The molecule has 0 unspecified atom stereocenters. The molecule has 0 N–H and O–H groups in total. The van der Waals surface area contributed by atoms with Gasteiger partial charge < -0.3 is 9.80 Å². The highest BCUT2D eigenvalue weighted by molar-refractivity contribution is 6.31. The molecule has 0 atom stereocenters. The third kappa shape index (κ3) is 4.58. The summed E-state index contributed by atoms with van der Waals surface area (Å²) in [4.78, 5) is 19.5. The molecule has 1 aliphatic rings. The van der Waals surface area contributed by atoms with Crippen LogP contribution in [0.4, 0.5) is 29.3 Å². The maximum atomic E-state index is 13.9. The Balaban J connectivity index is 1.73. The zero-order valence-corrected chi connectivity index (χ0v) is 16.4. The first-order valence-corrected chi connectivity index (χ1v) is 9.36. The lowest BCUT2D eigenvalue weighted by molar-refractivity contribution is -0.138. The predicted octanol–water partition coefficient (Wildman–Crippen LogP) is 4.37. The molecular formula is C18H19ClF4N6. The fourth-order valence-corrected chi connectivity index (χ4v) is 3.63. The van der Waals surface area contributed by atoms with Gasteiger partial charge in [0.1, 0.15) is 23.1 Å². The van der Waals surface area contributed by atoms with Gasteiger partial charge in [0.05, 0.1) is 11.1 Å². The summed E-state index contributed by atoms with van der Waals surface area (Å²) < 4.78 is 51.9. The molecule has 11 heteroatoms. The summed E-state index contributed by atoms with van der Waals surface area (Å²) in [6.07, 6.45) is -0.290. The van der Waals surface area contributed by atoms with E-state index in [0.29, 0.717) is 38.3 Å². The van der Waals surface area contributed by atoms with Gasteiger partial charge in [-0.05, 0) is 19.8 Å². The van der Waals surface area contributed by atoms with Gasteiger partial charge >= 0.3 is 6.18 Å². The van der Waals surface area contributed by atoms with Crippen LogP contribution in [0.3, 0.4) is 0 Å². The molecular weight excluding hydrogens is 412 g/mol. The SMILES string of the molecule is C=C(F)c1c(Cl)ncnc1N(CC)C1CCN(c2ncc(C(F)(F)F)cn2)CC1. The minimum absolute atomic E-state index is 0.00320. The van der Waals surface area contributed by atoms with Crippen LogP contribution >= 0.6 is 11.6 Å². The average molecular weight is 431 g/mol. The molecule has 1 aliphatic heterocycles. The summed E-state index contributed by atoms with van der Waals surface area (Å²) in [7, 11) is 0. The van der Waals surface area contributed by atoms with E-state index in [1.54, 1.807) is 0 Å². The molecule has 2 aromatic rings. The fourth-order valence-electron chi connectivity index (χ4n) is 3.40. The van der Waals surface area contributed by atoms with E-state index in [1.165, 1.54) is 6.33 Å². The molecule has 0 spiro atoms. The van der Waals surface area contributed by atoms with Gasteiger partial charge in [0.2, 0.25) is 5.95 Å². The van der Waals surface area contributed by atoms with Crippen molar-refractivity contribution in [3.05, 3.63) is 41.6 Å². The molecule has 3 rings (SSSR count). The minimum Gasteiger partial charge on any atom is -0.353 e. The maximum Gasteiger partial charge on any atom is 0.419 e. The van der Waals surface area contributed by atoms with Gasteiger partial charge in [-0.2, -0.15) is 13.2 Å². The van der Waals surface area contributed by atoms with Gasteiger partial charge in [-0.25, -0.2) is 24.3 Å². The third-order valence-corrected chi connectivity index (χ3v) is 5.11. The fraction of sp³-hybridized carbons (Fsp3) is 0.444. The topological polar surface area (TPSA) is 58.0 Å². The first kappa shape index (κ1) is 21.2. The summed E-state index contributed by atoms with van der Waals surface area (Å²) in [5, 5.41) is -0.00320. The number of alkyl halides is 3. The second-order valence-electron chi connectivity index (χ2n) is 6.54. The number of rotatable bonds is 5. The molecule has 6 nitrogen and oxygen atoms in total. The second kappa shape index (κ2) is 8.48. The van der Waals surface area contributed by atoms with Gasteiger partial charge in [0, 0.05) is 38.1 Å². The Kier molecular flexibility index (Phi) is 6.21. The zero-order chi connectivity index (χ0) is 21.2. The van der Waals surface area contributed by atoms with Crippen LogP contribution in [-0.2, 0) is 6.18 Å². The molecule has 0 bridgehead atoms. The third-order valence-electron chi connectivity index (χ3n) is 4.82. The summed E-state index contributed by atoms with van der Waals surface area (Å²) in [5.41, 5.74) is -0.808. The molecule has 1 saturated heterocycles. The first-order chi connectivity index (χ1) is 13.7. The lowest BCUT2D eigenvalue weighted by atomic mass is 10.0. The summed E-state index contributed by atoms with van der Waals surface area (Å²) >= 11 is 6.03. The number of aromatic nitrogens is 4. The van der Waals surface area contributed by atoms with Crippen LogP contribution in [-0.4, -0.2) is 45.6 Å². The van der Waals surface area contributed by atoms with E-state index >= 15 is 0 Å². The monoisotopic (exact) mass is 430 g/mol. The second-order valence-corrected chi connectivity index (χ2v) is 6.90. The number of halogens is 5. The van der Waals surface area contributed by atoms with Gasteiger partial charge in [-0.3, -0.25) is 0 Å². The van der Waals surface area contributed by atoms with Gasteiger partial charge in [0.15, 0.2) is 0 Å². The lowest BCUT2D eigenvalue weighted by Gasteiger charge is -2.39. The Morgan fingerprint density at radius 2 is 1.83 bits per heavy atom. The normalized spacial score (nSPS) is 15.4. The van der Waals surface area contributed by atoms with Crippen molar-refractivity contribution in [2.45, 2.75) is 32.0 Å². The van der Waals surface area contributed by atoms with Crippen LogP contribution in [0.5, 0.6) is 0 Å². The highest BCUT2D eigenvalue weighted by atomic mass is 35.5. The van der Waals surface area contributed by atoms with Crippen LogP contribution in [0.15, 0.2) is 25.3 Å². The van der Waals surface area contributed by atoms with E-state index < -0.39 is 17.6 Å². The van der Waals surface area contributed by atoms with Crippen molar-refractivity contribution in [3.8, 4) is 0 Å². The van der Waals surface area contributed by atoms with Crippen molar-refractivity contribution in [2.24, 2.45) is 0 Å². The molecule has 0 saturated carbocycles. The van der Waals surface area contributed by atoms with Gasteiger partial charge in [-0.1, -0.05) is 18.2 Å². The molecule has 29 heavy (non-hydrogen) atoms. The van der Waals surface area contributed by atoms with Crippen LogP contribution in [0, 0.1) is 0 Å². The van der Waals surface area contributed by atoms with E-state index in [2.05, 4.69) is 26.5 Å². The van der Waals surface area contributed by atoms with E-state index in [0.717, 1.165) is 12.4 Å². The highest BCUT2D eigenvalue weighted by Gasteiger charge is 2.32. The first-order valence-electron chi connectivity index (χ1n) is 8.98. The highest BCUT2D eigenvalue weighted by Crippen LogP contribution is 2.33. The van der Waals surface area contributed by atoms with Crippen molar-refractivity contribution in [1.29, 1.82) is 0 Å². The molecule has 3 heterocycles. The average Bonchev–Trinajstić information content (AvgIpc) is 2.68. The Morgan fingerprint density at radius 3 is 2.34 bits per heavy atom. The Morgan fingerprint density at radius 1 is 1.21 bits per heavy atom. The number of anilines is 2. The number of hydrogen-bond acceptors (Lipinski definition) is 6. The lowest BCUT2D eigenvalue weighted by Crippen LogP contribution is -2.46. The Bertz CT molecular complexity index is 866. The van der Waals surface area contributed by atoms with Crippen LogP contribution < -0.4 is 9.80 Å².